The van der Waals surface area contributed by atoms with E-state index in [0.717, 1.165) is 0 Å². The highest BCUT2D eigenvalue weighted by Crippen LogP contribution is 2.65. The lowest BCUT2D eigenvalue weighted by molar-refractivity contribution is -0.870. The second-order valence-electron chi connectivity index (χ2n) is 10.4. The quantitative estimate of drug-likeness (QED) is 0.119. The summed E-state index contributed by atoms with van der Waals surface area (Å²) in [5.74, 6) is -62.9. The highest BCUT2D eigenvalue weighted by molar-refractivity contribution is 7.89. The average molecular weight is 741 g/mol. The van der Waals surface area contributed by atoms with Crippen molar-refractivity contribution in [2.45, 2.75) is 65.1 Å². The van der Waals surface area contributed by atoms with E-state index in [2.05, 4.69) is 4.74 Å². The maximum atomic E-state index is 14.0. The SMILES string of the molecule is C[N+](C)(C)CCCNS(=O)(=O)c1ccc(OC(F)(F)C(F)(F)C(F)(F)C(F)(F)C(F)(F)C(F)(F)C(F)(F)C(F)(F)C(F)(F)F)cc1. The van der Waals surface area contributed by atoms with E-state index < -0.39 is 74.4 Å². The third-order valence-corrected chi connectivity index (χ3v) is 7.24. The standard InChI is InChI=1S/C21H20F19N2O3S/c1-42(2,3)10-4-9-41-46(43,44)12-7-5-11(6-8-12)45-21(39,40)19(34,35)17(30,31)15(26,27)13(22,23)14(24,25)16(28,29)18(32,33)20(36,37)38/h5-8,41H,4,9-10H2,1-3H3/q+1. The lowest BCUT2D eigenvalue weighted by atomic mass is 9.88. The van der Waals surface area contributed by atoms with Gasteiger partial charge >= 0.3 is 53.7 Å². The minimum absolute atomic E-state index is 0.0105. The van der Waals surface area contributed by atoms with Crippen molar-refractivity contribution in [1.82, 2.24) is 4.72 Å². The van der Waals surface area contributed by atoms with Gasteiger partial charge in [0, 0.05) is 13.0 Å². The normalized spacial score (nSPS) is 15.7. The summed E-state index contributed by atoms with van der Waals surface area (Å²) in [6, 6.07) is 0.527. The molecule has 0 bridgehead atoms. The minimum Gasteiger partial charge on any atom is -0.428 e. The molecule has 0 unspecified atom stereocenters. The molecule has 0 saturated carbocycles. The number of alkyl halides is 19. The van der Waals surface area contributed by atoms with Crippen molar-refractivity contribution < 1.29 is 101 Å². The van der Waals surface area contributed by atoms with Gasteiger partial charge < -0.3 is 9.22 Å². The third kappa shape index (κ3) is 6.90. The zero-order chi connectivity index (χ0) is 37.0. The highest BCUT2D eigenvalue weighted by Gasteiger charge is 2.97. The Bertz CT molecular complexity index is 1320. The van der Waals surface area contributed by atoms with Gasteiger partial charge in [-0.25, -0.2) is 13.1 Å². The molecule has 0 fully saturated rings. The Hall–Kier alpha value is -2.44. The van der Waals surface area contributed by atoms with E-state index in [9.17, 15) is 91.8 Å². The van der Waals surface area contributed by atoms with Gasteiger partial charge in [-0.15, -0.1) is 0 Å². The molecule has 1 aromatic rings. The maximum Gasteiger partial charge on any atom is 0.471 e. The lowest BCUT2D eigenvalue weighted by Gasteiger charge is -2.43. The van der Waals surface area contributed by atoms with Crippen LogP contribution in [-0.4, -0.2) is 101 Å². The molecule has 25 heteroatoms. The molecule has 1 N–H and O–H groups in total. The Balaban J connectivity index is 3.42. The number of nitrogens with one attached hydrogen (secondary N) is 1. The van der Waals surface area contributed by atoms with Crippen molar-refractivity contribution in [2.24, 2.45) is 0 Å². The number of hydrogen-bond donors (Lipinski definition) is 1. The number of benzene rings is 1. The van der Waals surface area contributed by atoms with Crippen LogP contribution in [0.5, 0.6) is 5.75 Å². The van der Waals surface area contributed by atoms with Crippen molar-refractivity contribution in [3.05, 3.63) is 24.3 Å². The van der Waals surface area contributed by atoms with Gasteiger partial charge in [-0.3, -0.25) is 0 Å². The fourth-order valence-electron chi connectivity index (χ4n) is 3.09. The van der Waals surface area contributed by atoms with Crippen LogP contribution in [0.4, 0.5) is 83.4 Å². The van der Waals surface area contributed by atoms with Crippen LogP contribution in [0.1, 0.15) is 6.42 Å². The fraction of sp³-hybridized carbons (Fsp3) is 0.714. The van der Waals surface area contributed by atoms with Gasteiger partial charge in [0.25, 0.3) is 0 Å². The molecule has 1 rings (SSSR count). The van der Waals surface area contributed by atoms with E-state index in [4.69, 9.17) is 0 Å². The third-order valence-electron chi connectivity index (χ3n) is 5.77. The molecule has 0 aliphatic rings. The molecule has 0 radical (unpaired) electrons. The van der Waals surface area contributed by atoms with Crippen molar-refractivity contribution in [3.63, 3.8) is 0 Å². The Morgan fingerprint density at radius 1 is 0.587 bits per heavy atom. The Labute approximate surface area is 245 Å². The van der Waals surface area contributed by atoms with E-state index >= 15 is 0 Å². The van der Waals surface area contributed by atoms with Crippen LogP contribution in [0.3, 0.4) is 0 Å². The zero-order valence-electron chi connectivity index (χ0n) is 22.7. The lowest BCUT2D eigenvalue weighted by Crippen LogP contribution is -2.76. The molecule has 0 spiro atoms. The molecule has 46 heavy (non-hydrogen) atoms. The largest absolute Gasteiger partial charge is 0.471 e. The number of quaternary nitrogens is 1. The van der Waals surface area contributed by atoms with Gasteiger partial charge in [-0.05, 0) is 24.3 Å². The fourth-order valence-corrected chi connectivity index (χ4v) is 4.16. The average Bonchev–Trinajstić information content (AvgIpc) is 2.84. The van der Waals surface area contributed by atoms with Crippen LogP contribution in [0, 0.1) is 0 Å². The van der Waals surface area contributed by atoms with Crippen molar-refractivity contribution in [3.8, 4) is 5.75 Å². The van der Waals surface area contributed by atoms with E-state index in [0.29, 0.717) is 11.0 Å². The van der Waals surface area contributed by atoms with Crippen LogP contribution in [0.2, 0.25) is 0 Å². The highest BCUT2D eigenvalue weighted by atomic mass is 32.2. The van der Waals surface area contributed by atoms with E-state index in [1.807, 2.05) is 4.72 Å². The first-order chi connectivity index (χ1) is 19.9. The molecule has 0 amide bonds. The number of sulfonamides is 1. The Morgan fingerprint density at radius 2 is 0.935 bits per heavy atom. The van der Waals surface area contributed by atoms with Gasteiger partial charge in [0.1, 0.15) is 5.75 Å². The smallest absolute Gasteiger partial charge is 0.428 e. The molecule has 1 aromatic carbocycles. The molecule has 0 aliphatic carbocycles. The minimum atomic E-state index is -9.05. The number of rotatable bonds is 15. The van der Waals surface area contributed by atoms with Crippen LogP contribution < -0.4 is 9.46 Å². The Morgan fingerprint density at radius 3 is 1.28 bits per heavy atom. The second kappa shape index (κ2) is 11.9. The monoisotopic (exact) mass is 741 g/mol. The van der Waals surface area contributed by atoms with Crippen LogP contribution in [0.15, 0.2) is 29.2 Å². The predicted octanol–water partition coefficient (Wildman–Crippen LogP) is 7.04. The molecule has 0 aromatic heterocycles. The van der Waals surface area contributed by atoms with Crippen LogP contribution in [-0.2, 0) is 10.0 Å². The first-order valence-electron chi connectivity index (χ1n) is 11.6. The van der Waals surface area contributed by atoms with Gasteiger partial charge in [-0.1, -0.05) is 0 Å². The topological polar surface area (TPSA) is 55.4 Å². The molecular formula is C21H20F19N2O3S+. The number of nitrogens with zero attached hydrogens (tertiary/aromatic N) is 1. The molecule has 0 aliphatic heterocycles. The van der Waals surface area contributed by atoms with Crippen molar-refractivity contribution >= 4 is 10.0 Å². The summed E-state index contributed by atoms with van der Waals surface area (Å²) in [6.07, 6.45) is -15.0. The molecular weight excluding hydrogens is 721 g/mol. The Kier molecular flexibility index (Phi) is 10.8. The van der Waals surface area contributed by atoms with E-state index in [1.54, 1.807) is 21.1 Å². The number of halogens is 19. The molecule has 0 atom stereocenters. The van der Waals surface area contributed by atoms with E-state index in [-0.39, 0.29) is 37.2 Å². The van der Waals surface area contributed by atoms with Gasteiger partial charge in [0.05, 0.1) is 32.6 Å². The molecule has 270 valence electrons. The van der Waals surface area contributed by atoms with Gasteiger partial charge in [-0.2, -0.15) is 83.4 Å². The molecule has 5 nitrogen and oxygen atoms in total. The summed E-state index contributed by atoms with van der Waals surface area (Å²) in [6.45, 7) is 0.210. The van der Waals surface area contributed by atoms with Crippen LogP contribution >= 0.6 is 0 Å². The summed E-state index contributed by atoms with van der Waals surface area (Å²) < 4.78 is 285. The second-order valence-corrected chi connectivity index (χ2v) is 12.1. The summed E-state index contributed by atoms with van der Waals surface area (Å²) in [7, 11) is 0.738. The molecule has 0 heterocycles. The van der Waals surface area contributed by atoms with Crippen LogP contribution in [0.25, 0.3) is 0 Å². The number of ether oxygens (including phenoxy) is 1. The summed E-state index contributed by atoms with van der Waals surface area (Å²) in [4.78, 5) is -0.838. The summed E-state index contributed by atoms with van der Waals surface area (Å²) in [5, 5.41) is 0. The first kappa shape index (κ1) is 41.6. The van der Waals surface area contributed by atoms with Gasteiger partial charge in [0.2, 0.25) is 10.0 Å². The zero-order valence-corrected chi connectivity index (χ0v) is 23.5. The molecule has 0 saturated heterocycles. The summed E-state index contributed by atoms with van der Waals surface area (Å²) >= 11 is 0. The van der Waals surface area contributed by atoms with Crippen molar-refractivity contribution in [2.75, 3.05) is 34.2 Å². The summed E-state index contributed by atoms with van der Waals surface area (Å²) in [5.41, 5.74) is 0. The van der Waals surface area contributed by atoms with Gasteiger partial charge in [0.15, 0.2) is 0 Å². The number of hydrogen-bond acceptors (Lipinski definition) is 3. The predicted molar refractivity (Wildman–Crippen MR) is 115 cm³/mol. The van der Waals surface area contributed by atoms with E-state index in [1.165, 1.54) is 0 Å². The van der Waals surface area contributed by atoms with Crippen molar-refractivity contribution in [1.29, 1.82) is 0 Å². The maximum absolute atomic E-state index is 14.0. The first-order valence-corrected chi connectivity index (χ1v) is 13.1.